The minimum Gasteiger partial charge on any atom is -0.349 e. The van der Waals surface area contributed by atoms with Crippen LogP contribution in [0, 0.1) is 11.7 Å². The van der Waals surface area contributed by atoms with Crippen LogP contribution in [0.4, 0.5) is 10.1 Å². The van der Waals surface area contributed by atoms with Crippen LogP contribution in [0.1, 0.15) is 40.9 Å². The molecule has 1 saturated heterocycles. The molecule has 1 aliphatic heterocycles. The second kappa shape index (κ2) is 11.0. The Morgan fingerprint density at radius 3 is 2.37 bits per heavy atom. The highest BCUT2D eigenvalue weighted by Gasteiger charge is 2.34. The van der Waals surface area contributed by atoms with E-state index >= 15 is 0 Å². The highest BCUT2D eigenvalue weighted by atomic mass is 19.1. The fourth-order valence-corrected chi connectivity index (χ4v) is 4.15. The molecule has 2 N–H and O–H groups in total. The molecule has 1 aliphatic rings. The zero-order chi connectivity index (χ0) is 24.8. The van der Waals surface area contributed by atoms with E-state index in [1.165, 1.54) is 29.8 Å². The van der Waals surface area contributed by atoms with Crippen molar-refractivity contribution in [3.63, 3.8) is 0 Å². The third-order valence-electron chi connectivity index (χ3n) is 6.23. The summed E-state index contributed by atoms with van der Waals surface area (Å²) in [4.78, 5) is 39.3. The molecule has 3 aromatic carbocycles. The fraction of sp³-hybridized carbons (Fsp3) is 0.250. The van der Waals surface area contributed by atoms with Crippen LogP contribution in [-0.4, -0.2) is 35.7 Å². The van der Waals surface area contributed by atoms with Crippen molar-refractivity contribution >= 4 is 23.4 Å². The lowest BCUT2D eigenvalue weighted by atomic mass is 10.0. The summed E-state index contributed by atoms with van der Waals surface area (Å²) < 4.78 is 13.0. The van der Waals surface area contributed by atoms with Crippen LogP contribution in [0.2, 0.25) is 0 Å². The lowest BCUT2D eigenvalue weighted by molar-refractivity contribution is -0.129. The molecule has 0 aromatic heterocycles. The Kier molecular flexibility index (Phi) is 7.55. The number of likely N-dealkylation sites (tertiary alicyclic amines) is 1. The molecule has 6 nitrogen and oxygen atoms in total. The van der Waals surface area contributed by atoms with Gasteiger partial charge in [-0.2, -0.15) is 0 Å². The second-order valence-corrected chi connectivity index (χ2v) is 8.79. The maximum Gasteiger partial charge on any atom is 0.255 e. The van der Waals surface area contributed by atoms with E-state index in [4.69, 9.17) is 0 Å². The van der Waals surface area contributed by atoms with E-state index in [0.717, 1.165) is 12.0 Å². The lowest BCUT2D eigenvalue weighted by Gasteiger charge is -2.19. The van der Waals surface area contributed by atoms with Gasteiger partial charge in [0.1, 0.15) is 5.82 Å². The molecule has 1 fully saturated rings. The zero-order valence-corrected chi connectivity index (χ0v) is 19.5. The van der Waals surface area contributed by atoms with E-state index in [9.17, 15) is 18.8 Å². The van der Waals surface area contributed by atoms with Crippen molar-refractivity contribution < 1.29 is 18.8 Å². The summed E-state index contributed by atoms with van der Waals surface area (Å²) in [6, 6.07) is 22.2. The first kappa shape index (κ1) is 24.1. The summed E-state index contributed by atoms with van der Waals surface area (Å²) in [5.41, 5.74) is 3.00. The molecular formula is C28H28FN3O3. The van der Waals surface area contributed by atoms with E-state index in [1.807, 2.05) is 49.4 Å². The van der Waals surface area contributed by atoms with Crippen molar-refractivity contribution in [1.29, 1.82) is 0 Å². The van der Waals surface area contributed by atoms with Gasteiger partial charge in [-0.25, -0.2) is 4.39 Å². The quantitative estimate of drug-likeness (QED) is 0.511. The zero-order valence-electron chi connectivity index (χ0n) is 19.5. The van der Waals surface area contributed by atoms with Crippen molar-refractivity contribution in [1.82, 2.24) is 10.2 Å². The standard InChI is InChI=1S/C28H28FN3O3/c1-19(21-9-13-25(14-10-21)31-27(34)22-7-11-24(29)12-8-22)30-28(35)23-17-26(33)32(18-23)16-15-20-5-3-2-4-6-20/h2-14,19,23H,15-18H2,1H3,(H,30,35)(H,31,34). The van der Waals surface area contributed by atoms with Crippen LogP contribution in [0.15, 0.2) is 78.9 Å². The highest BCUT2D eigenvalue weighted by Crippen LogP contribution is 2.22. The normalized spacial score (nSPS) is 16.1. The summed E-state index contributed by atoms with van der Waals surface area (Å²) in [5.74, 6) is -1.22. The number of nitrogens with one attached hydrogen (secondary N) is 2. The number of hydrogen-bond acceptors (Lipinski definition) is 3. The molecule has 4 rings (SSSR count). The Balaban J connectivity index is 1.27. The number of carbonyl (C=O) groups is 3. The molecule has 0 bridgehead atoms. The topological polar surface area (TPSA) is 78.5 Å². The minimum absolute atomic E-state index is 0.00924. The molecule has 0 aliphatic carbocycles. The number of halogens is 1. The SMILES string of the molecule is CC(NC(=O)C1CC(=O)N(CCc2ccccc2)C1)c1ccc(NC(=O)c2ccc(F)cc2)cc1. The molecule has 0 radical (unpaired) electrons. The molecule has 1 heterocycles. The molecule has 7 heteroatoms. The first-order valence-corrected chi connectivity index (χ1v) is 11.7. The first-order valence-electron chi connectivity index (χ1n) is 11.7. The maximum absolute atomic E-state index is 13.0. The molecular weight excluding hydrogens is 445 g/mol. The predicted octanol–water partition coefficient (Wildman–Crippen LogP) is 4.35. The Morgan fingerprint density at radius 2 is 1.69 bits per heavy atom. The number of amides is 3. The summed E-state index contributed by atoms with van der Waals surface area (Å²) in [6.45, 7) is 2.92. The van der Waals surface area contributed by atoms with Gasteiger partial charge in [-0.3, -0.25) is 14.4 Å². The van der Waals surface area contributed by atoms with Crippen LogP contribution < -0.4 is 10.6 Å². The Bertz CT molecular complexity index is 1180. The van der Waals surface area contributed by atoms with Gasteiger partial charge in [0.25, 0.3) is 5.91 Å². The van der Waals surface area contributed by atoms with Gasteiger partial charge in [-0.1, -0.05) is 42.5 Å². The van der Waals surface area contributed by atoms with Crippen molar-refractivity contribution in [3.8, 4) is 0 Å². The number of rotatable bonds is 8. The van der Waals surface area contributed by atoms with E-state index in [1.54, 1.807) is 17.0 Å². The smallest absolute Gasteiger partial charge is 0.255 e. The molecule has 0 saturated carbocycles. The number of benzene rings is 3. The summed E-state index contributed by atoms with van der Waals surface area (Å²) in [5, 5.41) is 5.77. The Morgan fingerprint density at radius 1 is 1.00 bits per heavy atom. The van der Waals surface area contributed by atoms with Gasteiger partial charge in [0.15, 0.2) is 0 Å². The van der Waals surface area contributed by atoms with Gasteiger partial charge in [0, 0.05) is 30.8 Å². The maximum atomic E-state index is 13.0. The van der Waals surface area contributed by atoms with Crippen molar-refractivity contribution in [3.05, 3.63) is 101 Å². The van der Waals surface area contributed by atoms with Crippen molar-refractivity contribution in [2.45, 2.75) is 25.8 Å². The lowest BCUT2D eigenvalue weighted by Crippen LogP contribution is -2.35. The number of hydrogen-bond donors (Lipinski definition) is 2. The van der Waals surface area contributed by atoms with Crippen molar-refractivity contribution in [2.24, 2.45) is 5.92 Å². The molecule has 3 aromatic rings. The van der Waals surface area contributed by atoms with Gasteiger partial charge in [-0.15, -0.1) is 0 Å². The Labute approximate surface area is 204 Å². The highest BCUT2D eigenvalue weighted by molar-refractivity contribution is 6.04. The van der Waals surface area contributed by atoms with Crippen molar-refractivity contribution in [2.75, 3.05) is 18.4 Å². The van der Waals surface area contributed by atoms with Gasteiger partial charge >= 0.3 is 0 Å². The largest absolute Gasteiger partial charge is 0.349 e. The number of nitrogens with zero attached hydrogens (tertiary/aromatic N) is 1. The van der Waals surface area contributed by atoms with Gasteiger partial charge in [0.05, 0.1) is 12.0 Å². The molecule has 35 heavy (non-hydrogen) atoms. The van der Waals surface area contributed by atoms with Crippen LogP contribution in [0.3, 0.4) is 0 Å². The van der Waals surface area contributed by atoms with Gasteiger partial charge in [0.2, 0.25) is 11.8 Å². The molecule has 3 amide bonds. The van der Waals surface area contributed by atoms with Gasteiger partial charge < -0.3 is 15.5 Å². The number of carbonyl (C=O) groups excluding carboxylic acids is 3. The average Bonchev–Trinajstić information content (AvgIpc) is 3.24. The number of anilines is 1. The van der Waals surface area contributed by atoms with E-state index < -0.39 is 5.82 Å². The third-order valence-corrected chi connectivity index (χ3v) is 6.23. The van der Waals surface area contributed by atoms with E-state index in [0.29, 0.717) is 24.3 Å². The summed E-state index contributed by atoms with van der Waals surface area (Å²) in [6.07, 6.45) is 0.989. The average molecular weight is 474 g/mol. The van der Waals surface area contributed by atoms with Gasteiger partial charge in [-0.05, 0) is 60.9 Å². The predicted molar refractivity (Wildman–Crippen MR) is 132 cm³/mol. The minimum atomic E-state index is -0.399. The summed E-state index contributed by atoms with van der Waals surface area (Å²) in [7, 11) is 0. The van der Waals surface area contributed by atoms with Crippen LogP contribution >= 0.6 is 0 Å². The third kappa shape index (κ3) is 6.32. The molecule has 2 unspecified atom stereocenters. The van der Waals surface area contributed by atoms with Crippen LogP contribution in [0.5, 0.6) is 0 Å². The fourth-order valence-electron chi connectivity index (χ4n) is 4.15. The second-order valence-electron chi connectivity index (χ2n) is 8.79. The molecule has 0 spiro atoms. The van der Waals surface area contributed by atoms with Crippen LogP contribution in [0.25, 0.3) is 0 Å². The Hall–Kier alpha value is -4.00. The summed E-state index contributed by atoms with van der Waals surface area (Å²) >= 11 is 0. The first-order chi connectivity index (χ1) is 16.9. The van der Waals surface area contributed by atoms with E-state index in [2.05, 4.69) is 10.6 Å². The van der Waals surface area contributed by atoms with E-state index in [-0.39, 0.29) is 36.1 Å². The molecule has 2 atom stereocenters. The monoisotopic (exact) mass is 473 g/mol. The molecule has 180 valence electrons. The van der Waals surface area contributed by atoms with Crippen LogP contribution in [-0.2, 0) is 16.0 Å².